The van der Waals surface area contributed by atoms with Crippen LogP contribution in [0.5, 0.6) is 0 Å². The molecule has 1 aliphatic rings. The van der Waals surface area contributed by atoms with Gasteiger partial charge >= 0.3 is 0 Å². The van der Waals surface area contributed by atoms with Gasteiger partial charge in [-0.2, -0.15) is 0 Å². The van der Waals surface area contributed by atoms with E-state index in [4.69, 9.17) is 4.98 Å². The first-order valence-electron chi connectivity index (χ1n) is 6.45. The number of pyridine rings is 1. The van der Waals surface area contributed by atoms with E-state index >= 15 is 0 Å². The first kappa shape index (κ1) is 12.6. The van der Waals surface area contributed by atoms with Gasteiger partial charge in [-0.05, 0) is 64.9 Å². The fraction of sp³-hybridized carbons (Fsp3) is 0.400. The molecule has 0 amide bonds. The van der Waals surface area contributed by atoms with Gasteiger partial charge < -0.3 is 0 Å². The molecule has 0 bridgehead atoms. The largest absolute Gasteiger partial charge is 0.251 e. The van der Waals surface area contributed by atoms with Gasteiger partial charge in [-0.15, -0.1) is 0 Å². The standard InChI is InChI=1S/C15H15Br2N/c1-2-9-3-4-14-10(5-9)6-11-7-12(16)8-13(17)15(11)18-14/h6-9H,2-5H2,1H3/t9-/m0/s1. The van der Waals surface area contributed by atoms with E-state index in [9.17, 15) is 0 Å². The Labute approximate surface area is 124 Å². The lowest BCUT2D eigenvalue weighted by Crippen LogP contribution is -2.14. The molecule has 2 aromatic rings. The normalized spacial score (nSPS) is 18.9. The molecule has 0 aliphatic heterocycles. The third-order valence-corrected chi connectivity index (χ3v) is 4.94. The van der Waals surface area contributed by atoms with Crippen LogP contribution < -0.4 is 0 Å². The van der Waals surface area contributed by atoms with Crippen molar-refractivity contribution in [3.05, 3.63) is 38.4 Å². The average molecular weight is 369 g/mol. The maximum absolute atomic E-state index is 4.86. The lowest BCUT2D eigenvalue weighted by atomic mass is 9.84. The van der Waals surface area contributed by atoms with Crippen molar-refractivity contribution in [2.45, 2.75) is 32.6 Å². The molecule has 0 saturated heterocycles. The Morgan fingerprint density at radius 2 is 2.11 bits per heavy atom. The SMILES string of the molecule is CC[C@H]1CCc2nc3c(Br)cc(Br)cc3cc2C1. The minimum atomic E-state index is 0.840. The van der Waals surface area contributed by atoms with Crippen LogP contribution >= 0.6 is 31.9 Å². The first-order chi connectivity index (χ1) is 8.67. The van der Waals surface area contributed by atoms with Gasteiger partial charge in [0.25, 0.3) is 0 Å². The molecular formula is C15H15Br2N. The molecule has 3 heteroatoms. The van der Waals surface area contributed by atoms with Crippen molar-refractivity contribution in [2.24, 2.45) is 5.92 Å². The number of aryl methyl sites for hydroxylation is 1. The molecule has 1 aliphatic carbocycles. The fourth-order valence-electron chi connectivity index (χ4n) is 2.79. The molecule has 0 saturated carbocycles. The first-order valence-corrected chi connectivity index (χ1v) is 8.03. The summed E-state index contributed by atoms with van der Waals surface area (Å²) >= 11 is 7.16. The predicted molar refractivity (Wildman–Crippen MR) is 82.9 cm³/mol. The summed E-state index contributed by atoms with van der Waals surface area (Å²) in [5.41, 5.74) is 3.84. The third kappa shape index (κ3) is 2.23. The second-order valence-corrected chi connectivity index (χ2v) is 6.84. The predicted octanol–water partition coefficient (Wildman–Crippen LogP) is 5.27. The number of halogens is 2. The number of rotatable bonds is 1. The minimum Gasteiger partial charge on any atom is -0.251 e. The van der Waals surface area contributed by atoms with Gasteiger partial charge in [0.1, 0.15) is 0 Å². The van der Waals surface area contributed by atoms with Gasteiger partial charge in [0.15, 0.2) is 0 Å². The molecule has 0 unspecified atom stereocenters. The van der Waals surface area contributed by atoms with E-state index in [0.29, 0.717) is 0 Å². The lowest BCUT2D eigenvalue weighted by Gasteiger charge is -2.23. The van der Waals surface area contributed by atoms with E-state index in [-0.39, 0.29) is 0 Å². The molecule has 1 aromatic carbocycles. The average Bonchev–Trinajstić information content (AvgIpc) is 2.36. The Balaban J connectivity index is 2.16. The van der Waals surface area contributed by atoms with E-state index in [1.807, 2.05) is 0 Å². The van der Waals surface area contributed by atoms with Gasteiger partial charge in [-0.3, -0.25) is 4.98 Å². The van der Waals surface area contributed by atoms with Crippen LogP contribution in [0.4, 0.5) is 0 Å². The van der Waals surface area contributed by atoms with E-state index in [0.717, 1.165) is 26.8 Å². The van der Waals surface area contributed by atoms with Crippen LogP contribution in [-0.2, 0) is 12.8 Å². The summed E-state index contributed by atoms with van der Waals surface area (Å²) in [5.74, 6) is 0.840. The fourth-order valence-corrected chi connectivity index (χ4v) is 4.13. The van der Waals surface area contributed by atoms with Crippen LogP contribution in [0.1, 0.15) is 31.0 Å². The highest BCUT2D eigenvalue weighted by atomic mass is 79.9. The summed E-state index contributed by atoms with van der Waals surface area (Å²) in [7, 11) is 0. The van der Waals surface area contributed by atoms with Crippen molar-refractivity contribution >= 4 is 42.8 Å². The molecule has 1 nitrogen and oxygen atoms in total. The highest BCUT2D eigenvalue weighted by Crippen LogP contribution is 2.32. The van der Waals surface area contributed by atoms with Crippen molar-refractivity contribution in [3.8, 4) is 0 Å². The quantitative estimate of drug-likeness (QED) is 0.667. The number of nitrogens with zero attached hydrogens (tertiary/aromatic N) is 1. The van der Waals surface area contributed by atoms with Gasteiger partial charge in [0.05, 0.1) is 5.52 Å². The third-order valence-electron chi connectivity index (χ3n) is 3.88. The zero-order chi connectivity index (χ0) is 12.7. The number of hydrogen-bond acceptors (Lipinski definition) is 1. The Bertz CT molecular complexity index is 607. The zero-order valence-corrected chi connectivity index (χ0v) is 13.5. The smallest absolute Gasteiger partial charge is 0.0848 e. The summed E-state index contributed by atoms with van der Waals surface area (Å²) in [6.45, 7) is 2.29. The van der Waals surface area contributed by atoms with Gasteiger partial charge in [-0.25, -0.2) is 0 Å². The maximum Gasteiger partial charge on any atom is 0.0848 e. The van der Waals surface area contributed by atoms with Crippen LogP contribution in [0.3, 0.4) is 0 Å². The summed E-state index contributed by atoms with van der Waals surface area (Å²) < 4.78 is 2.18. The number of aromatic nitrogens is 1. The molecule has 94 valence electrons. The number of benzene rings is 1. The second-order valence-electron chi connectivity index (χ2n) is 5.07. The highest BCUT2D eigenvalue weighted by Gasteiger charge is 2.19. The van der Waals surface area contributed by atoms with E-state index in [1.54, 1.807) is 0 Å². The Morgan fingerprint density at radius 1 is 1.28 bits per heavy atom. The molecule has 1 heterocycles. The molecule has 0 N–H and O–H groups in total. The number of hydrogen-bond donors (Lipinski definition) is 0. The van der Waals surface area contributed by atoms with E-state index in [1.165, 1.54) is 35.9 Å². The van der Waals surface area contributed by atoms with Crippen molar-refractivity contribution < 1.29 is 0 Å². The van der Waals surface area contributed by atoms with Crippen LogP contribution in [-0.4, -0.2) is 4.98 Å². The van der Waals surface area contributed by atoms with Crippen LogP contribution in [0.2, 0.25) is 0 Å². The van der Waals surface area contributed by atoms with Gasteiger partial charge in [-0.1, -0.05) is 29.3 Å². The molecule has 1 atom stereocenters. The molecule has 18 heavy (non-hydrogen) atoms. The maximum atomic E-state index is 4.86. The van der Waals surface area contributed by atoms with Crippen LogP contribution in [0, 0.1) is 5.92 Å². The van der Waals surface area contributed by atoms with Crippen molar-refractivity contribution in [1.29, 1.82) is 0 Å². The molecule has 0 fully saturated rings. The molecule has 0 radical (unpaired) electrons. The van der Waals surface area contributed by atoms with Crippen LogP contribution in [0.15, 0.2) is 27.1 Å². The van der Waals surface area contributed by atoms with Gasteiger partial charge in [0.2, 0.25) is 0 Å². The molecule has 3 rings (SSSR count). The minimum absolute atomic E-state index is 0.840. The number of fused-ring (bicyclic) bond motifs is 2. The van der Waals surface area contributed by atoms with Gasteiger partial charge in [0, 0.05) is 20.0 Å². The topological polar surface area (TPSA) is 12.9 Å². The lowest BCUT2D eigenvalue weighted by molar-refractivity contribution is 0.441. The Kier molecular flexibility index (Phi) is 3.46. The summed E-state index contributed by atoms with van der Waals surface area (Å²) in [5, 5.41) is 1.23. The molecular weight excluding hydrogens is 354 g/mol. The molecule has 1 aromatic heterocycles. The molecule has 0 spiro atoms. The zero-order valence-electron chi connectivity index (χ0n) is 10.3. The highest BCUT2D eigenvalue weighted by molar-refractivity contribution is 9.11. The summed E-state index contributed by atoms with van der Waals surface area (Å²) in [6, 6.07) is 6.55. The summed E-state index contributed by atoms with van der Waals surface area (Å²) in [6.07, 6.45) is 4.89. The van der Waals surface area contributed by atoms with Crippen molar-refractivity contribution in [2.75, 3.05) is 0 Å². The van der Waals surface area contributed by atoms with E-state index < -0.39 is 0 Å². The summed E-state index contributed by atoms with van der Waals surface area (Å²) in [4.78, 5) is 4.86. The van der Waals surface area contributed by atoms with Crippen molar-refractivity contribution in [1.82, 2.24) is 4.98 Å². The van der Waals surface area contributed by atoms with Crippen molar-refractivity contribution in [3.63, 3.8) is 0 Å². The second kappa shape index (κ2) is 4.93. The monoisotopic (exact) mass is 367 g/mol. The Morgan fingerprint density at radius 3 is 2.89 bits per heavy atom. The van der Waals surface area contributed by atoms with E-state index in [2.05, 4.69) is 57.0 Å². The Hall–Kier alpha value is -0.410. The van der Waals surface area contributed by atoms with Crippen LogP contribution in [0.25, 0.3) is 10.9 Å².